The van der Waals surface area contributed by atoms with E-state index in [-0.39, 0.29) is 6.42 Å². The minimum absolute atomic E-state index is 0.00113. The van der Waals surface area contributed by atoms with Gasteiger partial charge in [0.15, 0.2) is 16.8 Å². The van der Waals surface area contributed by atoms with Gasteiger partial charge in [0.05, 0.1) is 25.4 Å². The van der Waals surface area contributed by atoms with Crippen LogP contribution in [0.3, 0.4) is 0 Å². The summed E-state index contributed by atoms with van der Waals surface area (Å²) in [5.74, 6) is -0.391. The highest BCUT2D eigenvalue weighted by atomic mass is 16.5. The van der Waals surface area contributed by atoms with E-state index in [9.17, 15) is 4.79 Å². The third kappa shape index (κ3) is 2.89. The van der Waals surface area contributed by atoms with Gasteiger partial charge in [-0.3, -0.25) is 4.79 Å². The molecule has 0 aliphatic carbocycles. The first kappa shape index (κ1) is 18.0. The molecule has 8 nitrogen and oxygen atoms in total. The zero-order valence-corrected chi connectivity index (χ0v) is 16.5. The predicted octanol–water partition coefficient (Wildman–Crippen LogP) is 3.15. The first-order chi connectivity index (χ1) is 14.7. The molecule has 2 aromatic carbocycles. The fraction of sp³-hybridized carbons (Fsp3) is 0.136. The maximum Gasteiger partial charge on any atom is 0.311 e. The molecule has 0 radical (unpaired) electrons. The van der Waals surface area contributed by atoms with Gasteiger partial charge < -0.3 is 4.74 Å². The van der Waals surface area contributed by atoms with Crippen LogP contribution >= 0.6 is 0 Å². The van der Waals surface area contributed by atoms with Gasteiger partial charge >= 0.3 is 5.97 Å². The molecule has 3 aromatic heterocycles. The summed E-state index contributed by atoms with van der Waals surface area (Å²) in [7, 11) is 1.35. The van der Waals surface area contributed by atoms with Crippen molar-refractivity contribution >= 4 is 22.8 Å². The van der Waals surface area contributed by atoms with Crippen molar-refractivity contribution in [3.8, 4) is 16.8 Å². The highest BCUT2D eigenvalue weighted by Gasteiger charge is 2.22. The fourth-order valence-electron chi connectivity index (χ4n) is 3.44. The van der Waals surface area contributed by atoms with Crippen LogP contribution in [0.5, 0.6) is 0 Å². The summed E-state index contributed by atoms with van der Waals surface area (Å²) < 4.78 is 8.29. The van der Waals surface area contributed by atoms with Crippen LogP contribution < -0.4 is 0 Å². The van der Waals surface area contributed by atoms with E-state index in [1.54, 1.807) is 15.4 Å². The molecule has 0 aliphatic rings. The zero-order valence-electron chi connectivity index (χ0n) is 16.5. The maximum atomic E-state index is 11.9. The molecule has 0 saturated heterocycles. The molecule has 8 heteroatoms. The van der Waals surface area contributed by atoms with Crippen molar-refractivity contribution in [1.29, 1.82) is 0 Å². The first-order valence-corrected chi connectivity index (χ1v) is 9.47. The molecule has 0 unspecified atom stereocenters. The SMILES string of the molecule is COC(=O)Cc1nn(-c2ccc(C)cc2)c2c1nnc1c(-c3ccccc3)cnn12. The van der Waals surface area contributed by atoms with Gasteiger partial charge in [-0.2, -0.15) is 14.7 Å². The molecule has 0 aliphatic heterocycles. The second-order valence-electron chi connectivity index (χ2n) is 6.98. The van der Waals surface area contributed by atoms with Crippen molar-refractivity contribution < 1.29 is 9.53 Å². The topological polar surface area (TPSA) is 87.2 Å². The molecule has 0 fully saturated rings. The molecule has 5 aromatic rings. The first-order valence-electron chi connectivity index (χ1n) is 9.47. The van der Waals surface area contributed by atoms with Gasteiger partial charge in [-0.15, -0.1) is 10.2 Å². The molecule has 0 bridgehead atoms. The van der Waals surface area contributed by atoms with Crippen LogP contribution in [0.25, 0.3) is 33.6 Å². The molecule has 0 spiro atoms. The van der Waals surface area contributed by atoms with Crippen molar-refractivity contribution in [2.45, 2.75) is 13.3 Å². The van der Waals surface area contributed by atoms with Crippen molar-refractivity contribution in [2.75, 3.05) is 7.11 Å². The van der Waals surface area contributed by atoms with E-state index in [0.717, 1.165) is 22.4 Å². The Hall–Kier alpha value is -4.07. The molecule has 3 heterocycles. The van der Waals surface area contributed by atoms with Crippen LogP contribution in [0.2, 0.25) is 0 Å². The van der Waals surface area contributed by atoms with E-state index < -0.39 is 5.97 Å². The minimum Gasteiger partial charge on any atom is -0.469 e. The number of aryl methyl sites for hydroxylation is 1. The molecule has 0 atom stereocenters. The summed E-state index contributed by atoms with van der Waals surface area (Å²) in [6, 6.07) is 17.9. The van der Waals surface area contributed by atoms with Crippen LogP contribution in [0, 0.1) is 6.92 Å². The lowest BCUT2D eigenvalue weighted by molar-refractivity contribution is -0.139. The van der Waals surface area contributed by atoms with Crippen molar-refractivity contribution in [1.82, 2.24) is 29.6 Å². The normalized spacial score (nSPS) is 11.3. The lowest BCUT2D eigenvalue weighted by atomic mass is 10.1. The summed E-state index contributed by atoms with van der Waals surface area (Å²) in [6.45, 7) is 2.02. The Morgan fingerprint density at radius 1 is 1.03 bits per heavy atom. The Balaban J connectivity index is 1.79. The Labute approximate surface area is 171 Å². The Bertz CT molecular complexity index is 1370. The zero-order chi connectivity index (χ0) is 20.7. The highest BCUT2D eigenvalue weighted by molar-refractivity contribution is 5.85. The van der Waals surface area contributed by atoms with Gasteiger partial charge in [-0.25, -0.2) is 4.68 Å². The summed E-state index contributed by atoms with van der Waals surface area (Å²) in [4.78, 5) is 11.9. The largest absolute Gasteiger partial charge is 0.469 e. The number of rotatable bonds is 4. The maximum absolute atomic E-state index is 11.9. The number of hydrogen-bond acceptors (Lipinski definition) is 6. The summed E-state index contributed by atoms with van der Waals surface area (Å²) >= 11 is 0. The molecule has 148 valence electrons. The van der Waals surface area contributed by atoms with Gasteiger partial charge in [0.1, 0.15) is 5.69 Å². The standard InChI is InChI=1S/C22H18N6O2/c1-14-8-10-16(11-9-14)27-22-20(18(26-27)12-19(29)30-2)24-25-21-17(13-23-28(21)22)15-6-4-3-5-7-15/h3-11,13H,12H2,1-2H3. The van der Waals surface area contributed by atoms with E-state index in [4.69, 9.17) is 4.74 Å². The lowest BCUT2D eigenvalue weighted by Crippen LogP contribution is -2.06. The number of aromatic nitrogens is 6. The van der Waals surface area contributed by atoms with E-state index in [1.165, 1.54) is 7.11 Å². The molecular weight excluding hydrogens is 380 g/mol. The quantitative estimate of drug-likeness (QED) is 0.432. The van der Waals surface area contributed by atoms with Crippen LogP contribution in [-0.2, 0) is 16.0 Å². The summed E-state index contributed by atoms with van der Waals surface area (Å²) in [5.41, 5.74) is 6.11. The molecule has 30 heavy (non-hydrogen) atoms. The Morgan fingerprint density at radius 2 is 1.80 bits per heavy atom. The van der Waals surface area contributed by atoms with Crippen molar-refractivity contribution in [3.05, 3.63) is 72.1 Å². The number of carbonyl (C=O) groups excluding carboxylic acids is 1. The second kappa shape index (κ2) is 7.07. The molecule has 0 saturated carbocycles. The Kier molecular flexibility index (Phi) is 4.24. The average Bonchev–Trinajstić information content (AvgIpc) is 3.36. The monoisotopic (exact) mass is 398 g/mol. The number of fused-ring (bicyclic) bond motifs is 3. The van der Waals surface area contributed by atoms with Crippen LogP contribution in [0.1, 0.15) is 11.3 Å². The lowest BCUT2D eigenvalue weighted by Gasteiger charge is -2.05. The van der Waals surface area contributed by atoms with Crippen LogP contribution in [0.4, 0.5) is 0 Å². The smallest absolute Gasteiger partial charge is 0.311 e. The number of benzene rings is 2. The summed E-state index contributed by atoms with van der Waals surface area (Å²) in [6.07, 6.45) is 1.77. The van der Waals surface area contributed by atoms with Crippen molar-refractivity contribution in [3.63, 3.8) is 0 Å². The number of ether oxygens (including phenoxy) is 1. The summed E-state index contributed by atoms with van der Waals surface area (Å²) in [5, 5.41) is 18.1. The molecule has 0 amide bonds. The van der Waals surface area contributed by atoms with E-state index >= 15 is 0 Å². The number of esters is 1. The number of nitrogens with zero attached hydrogens (tertiary/aromatic N) is 6. The predicted molar refractivity (Wildman–Crippen MR) is 111 cm³/mol. The number of methoxy groups -OCH3 is 1. The molecule has 0 N–H and O–H groups in total. The van der Waals surface area contributed by atoms with Crippen molar-refractivity contribution in [2.24, 2.45) is 0 Å². The third-order valence-electron chi connectivity index (χ3n) is 5.00. The average molecular weight is 398 g/mol. The van der Waals surface area contributed by atoms with E-state index in [2.05, 4.69) is 20.4 Å². The number of carbonyl (C=O) groups is 1. The van der Waals surface area contributed by atoms with E-state index in [1.807, 2.05) is 61.5 Å². The second-order valence-corrected chi connectivity index (χ2v) is 6.98. The molecule has 5 rings (SSSR count). The number of hydrogen-bond donors (Lipinski definition) is 0. The van der Waals surface area contributed by atoms with E-state index in [0.29, 0.717) is 22.5 Å². The molecular formula is C22H18N6O2. The third-order valence-corrected chi connectivity index (χ3v) is 5.00. The fourth-order valence-corrected chi connectivity index (χ4v) is 3.44. The Morgan fingerprint density at radius 3 is 2.53 bits per heavy atom. The van der Waals surface area contributed by atoms with Gasteiger partial charge in [0.25, 0.3) is 0 Å². The van der Waals surface area contributed by atoms with Gasteiger partial charge in [0.2, 0.25) is 0 Å². The van der Waals surface area contributed by atoms with Crippen LogP contribution in [0.15, 0.2) is 60.8 Å². The van der Waals surface area contributed by atoms with Gasteiger partial charge in [-0.1, -0.05) is 48.0 Å². The van der Waals surface area contributed by atoms with Gasteiger partial charge in [0, 0.05) is 5.56 Å². The minimum atomic E-state index is -0.391. The highest BCUT2D eigenvalue weighted by Crippen LogP contribution is 2.27. The van der Waals surface area contributed by atoms with Gasteiger partial charge in [-0.05, 0) is 24.6 Å². The van der Waals surface area contributed by atoms with Crippen LogP contribution in [-0.4, -0.2) is 42.7 Å².